The van der Waals surface area contributed by atoms with Crippen LogP contribution in [0.3, 0.4) is 0 Å². The molecule has 1 atom stereocenters. The van der Waals surface area contributed by atoms with Gasteiger partial charge in [-0.25, -0.2) is 0 Å². The van der Waals surface area contributed by atoms with Gasteiger partial charge in [0.05, 0.1) is 6.10 Å². The molecular weight excluding hydrogens is 222 g/mol. The van der Waals surface area contributed by atoms with Crippen molar-refractivity contribution in [1.82, 2.24) is 4.90 Å². The van der Waals surface area contributed by atoms with Crippen LogP contribution in [0.25, 0.3) is 0 Å². The van der Waals surface area contributed by atoms with Crippen molar-refractivity contribution < 1.29 is 4.74 Å². The first-order chi connectivity index (χ1) is 8.65. The third kappa shape index (κ3) is 6.75. The average molecular weight is 257 g/mol. The largest absolute Gasteiger partial charge is 0.378 e. The van der Waals surface area contributed by atoms with E-state index in [1.165, 1.54) is 38.8 Å². The Kier molecular flexibility index (Phi) is 10.8. The van der Waals surface area contributed by atoms with E-state index in [1.54, 1.807) is 0 Å². The Bertz CT molecular complexity index is 174. The summed E-state index contributed by atoms with van der Waals surface area (Å²) in [6.07, 6.45) is 5.43. The van der Waals surface area contributed by atoms with E-state index in [0.29, 0.717) is 6.10 Å². The number of hydrogen-bond acceptors (Lipinski definition) is 2. The lowest BCUT2D eigenvalue weighted by Crippen LogP contribution is -2.44. The minimum absolute atomic E-state index is 0.530. The molecule has 0 bridgehead atoms. The fourth-order valence-electron chi connectivity index (χ4n) is 2.27. The molecule has 1 saturated heterocycles. The van der Waals surface area contributed by atoms with Crippen molar-refractivity contribution in [1.29, 1.82) is 0 Å². The molecule has 1 fully saturated rings. The molecule has 1 aliphatic heterocycles. The molecule has 1 heterocycles. The van der Waals surface area contributed by atoms with E-state index in [0.717, 1.165) is 18.6 Å². The van der Waals surface area contributed by atoms with E-state index < -0.39 is 0 Å². The van der Waals surface area contributed by atoms with Gasteiger partial charge in [-0.2, -0.15) is 0 Å². The standard InChI is InChI=1S/C14H29NO.C2H6/c1-5-6-11-16-14-7-9-15(10-8-14)13(4)12(2)3;1-2/h12-14H,5-11H2,1-4H3;1-2H3. The number of nitrogens with zero attached hydrogens (tertiary/aromatic N) is 1. The van der Waals surface area contributed by atoms with Crippen LogP contribution in [0.15, 0.2) is 0 Å². The van der Waals surface area contributed by atoms with Crippen molar-refractivity contribution in [2.75, 3.05) is 19.7 Å². The summed E-state index contributed by atoms with van der Waals surface area (Å²) in [5.74, 6) is 0.762. The fraction of sp³-hybridized carbons (Fsp3) is 1.00. The maximum absolute atomic E-state index is 5.89. The Morgan fingerprint density at radius 1 is 1.11 bits per heavy atom. The number of rotatable bonds is 6. The third-order valence-electron chi connectivity index (χ3n) is 3.87. The minimum Gasteiger partial charge on any atom is -0.378 e. The lowest BCUT2D eigenvalue weighted by molar-refractivity contribution is -0.00571. The monoisotopic (exact) mass is 257 g/mol. The molecule has 1 unspecified atom stereocenters. The highest BCUT2D eigenvalue weighted by Crippen LogP contribution is 2.19. The summed E-state index contributed by atoms with van der Waals surface area (Å²) in [6, 6.07) is 0.719. The van der Waals surface area contributed by atoms with Gasteiger partial charge in [-0.05, 0) is 32.1 Å². The van der Waals surface area contributed by atoms with Crippen LogP contribution in [0, 0.1) is 5.92 Å². The van der Waals surface area contributed by atoms with E-state index in [9.17, 15) is 0 Å². The van der Waals surface area contributed by atoms with Crippen LogP contribution in [0.1, 0.15) is 67.2 Å². The van der Waals surface area contributed by atoms with Crippen molar-refractivity contribution >= 4 is 0 Å². The zero-order chi connectivity index (χ0) is 14.0. The maximum Gasteiger partial charge on any atom is 0.0599 e. The van der Waals surface area contributed by atoms with Gasteiger partial charge in [-0.15, -0.1) is 0 Å². The van der Waals surface area contributed by atoms with Gasteiger partial charge >= 0.3 is 0 Å². The molecule has 0 aromatic heterocycles. The zero-order valence-corrected chi connectivity index (χ0v) is 13.5. The maximum atomic E-state index is 5.89. The average Bonchev–Trinajstić information content (AvgIpc) is 2.41. The van der Waals surface area contributed by atoms with Gasteiger partial charge in [-0.3, -0.25) is 0 Å². The summed E-state index contributed by atoms with van der Waals surface area (Å²) < 4.78 is 5.89. The molecule has 0 aromatic rings. The molecule has 0 spiro atoms. The smallest absolute Gasteiger partial charge is 0.0599 e. The van der Waals surface area contributed by atoms with Crippen molar-refractivity contribution in [2.24, 2.45) is 5.92 Å². The van der Waals surface area contributed by atoms with Crippen molar-refractivity contribution in [3.63, 3.8) is 0 Å². The molecule has 2 heteroatoms. The fourth-order valence-corrected chi connectivity index (χ4v) is 2.27. The topological polar surface area (TPSA) is 12.5 Å². The highest BCUT2D eigenvalue weighted by molar-refractivity contribution is 4.78. The quantitative estimate of drug-likeness (QED) is 0.656. The van der Waals surface area contributed by atoms with E-state index in [4.69, 9.17) is 4.74 Å². The summed E-state index contributed by atoms with van der Waals surface area (Å²) >= 11 is 0. The summed E-state index contributed by atoms with van der Waals surface area (Å²) in [5.41, 5.74) is 0. The zero-order valence-electron chi connectivity index (χ0n) is 13.5. The van der Waals surface area contributed by atoms with Crippen molar-refractivity contribution in [3.05, 3.63) is 0 Å². The van der Waals surface area contributed by atoms with Gasteiger partial charge in [0, 0.05) is 25.7 Å². The molecule has 0 amide bonds. The third-order valence-corrected chi connectivity index (χ3v) is 3.87. The predicted octanol–water partition coefficient (Wildman–Crippen LogP) is 4.34. The number of ether oxygens (including phenoxy) is 1. The normalized spacial score (nSPS) is 19.5. The van der Waals surface area contributed by atoms with Crippen LogP contribution >= 0.6 is 0 Å². The Labute approximate surface area is 115 Å². The first kappa shape index (κ1) is 17.9. The number of unbranched alkanes of at least 4 members (excludes halogenated alkanes) is 1. The predicted molar refractivity (Wildman–Crippen MR) is 81.1 cm³/mol. The molecule has 18 heavy (non-hydrogen) atoms. The summed E-state index contributed by atoms with van der Waals surface area (Å²) in [7, 11) is 0. The first-order valence-corrected chi connectivity index (χ1v) is 8.00. The second-order valence-electron chi connectivity index (χ2n) is 5.44. The summed E-state index contributed by atoms with van der Waals surface area (Å²) in [5, 5.41) is 0. The lowest BCUT2D eigenvalue weighted by Gasteiger charge is -2.37. The van der Waals surface area contributed by atoms with Gasteiger partial charge in [0.15, 0.2) is 0 Å². The highest BCUT2D eigenvalue weighted by atomic mass is 16.5. The molecule has 0 N–H and O–H groups in total. The number of piperidine rings is 1. The van der Waals surface area contributed by atoms with E-state index in [2.05, 4.69) is 32.6 Å². The molecule has 0 aromatic carbocycles. The van der Waals surface area contributed by atoms with Crippen LogP contribution in [0.2, 0.25) is 0 Å². The summed E-state index contributed by atoms with van der Waals surface area (Å²) in [4.78, 5) is 2.62. The van der Waals surface area contributed by atoms with Gasteiger partial charge in [0.2, 0.25) is 0 Å². The van der Waals surface area contributed by atoms with E-state index in [-0.39, 0.29) is 0 Å². The second kappa shape index (κ2) is 10.8. The van der Waals surface area contributed by atoms with Crippen LogP contribution < -0.4 is 0 Å². The number of likely N-dealkylation sites (tertiary alicyclic amines) is 1. The van der Waals surface area contributed by atoms with Crippen molar-refractivity contribution in [2.45, 2.75) is 79.4 Å². The molecule has 0 saturated carbocycles. The lowest BCUT2D eigenvalue weighted by atomic mass is 10.00. The molecule has 110 valence electrons. The van der Waals surface area contributed by atoms with Crippen LogP contribution in [0.4, 0.5) is 0 Å². The SMILES string of the molecule is CC.CCCCOC1CCN(C(C)C(C)C)CC1. The van der Waals surface area contributed by atoms with Crippen molar-refractivity contribution in [3.8, 4) is 0 Å². The molecular formula is C16H35NO. The molecule has 1 rings (SSSR count). The first-order valence-electron chi connectivity index (χ1n) is 8.00. The molecule has 0 radical (unpaired) electrons. The van der Waals surface area contributed by atoms with E-state index >= 15 is 0 Å². The van der Waals surface area contributed by atoms with Gasteiger partial charge < -0.3 is 9.64 Å². The number of hydrogen-bond donors (Lipinski definition) is 0. The Balaban J connectivity index is 0.00000137. The van der Waals surface area contributed by atoms with Gasteiger partial charge in [-0.1, -0.05) is 41.0 Å². The molecule has 2 nitrogen and oxygen atoms in total. The molecule has 0 aliphatic carbocycles. The van der Waals surface area contributed by atoms with E-state index in [1.807, 2.05) is 13.8 Å². The van der Waals surface area contributed by atoms with Gasteiger partial charge in [0.25, 0.3) is 0 Å². The summed E-state index contributed by atoms with van der Waals surface area (Å²) in [6.45, 7) is 16.6. The van der Waals surface area contributed by atoms with Gasteiger partial charge in [0.1, 0.15) is 0 Å². The Morgan fingerprint density at radius 3 is 2.11 bits per heavy atom. The Hall–Kier alpha value is -0.0800. The van der Waals surface area contributed by atoms with Crippen LogP contribution in [-0.2, 0) is 4.74 Å². The Morgan fingerprint density at radius 2 is 1.67 bits per heavy atom. The van der Waals surface area contributed by atoms with Crippen LogP contribution in [-0.4, -0.2) is 36.7 Å². The highest BCUT2D eigenvalue weighted by Gasteiger charge is 2.24. The molecule has 1 aliphatic rings. The minimum atomic E-state index is 0.530. The second-order valence-corrected chi connectivity index (χ2v) is 5.44. The van der Waals surface area contributed by atoms with Crippen LogP contribution in [0.5, 0.6) is 0 Å².